The molecule has 0 aliphatic carbocycles. The second-order valence-corrected chi connectivity index (χ2v) is 9.38. The fourth-order valence-electron chi connectivity index (χ4n) is 4.55. The van der Waals surface area contributed by atoms with Crippen LogP contribution in [0.5, 0.6) is 0 Å². The lowest BCUT2D eigenvalue weighted by Gasteiger charge is -2.24. The molecule has 0 radical (unpaired) electrons. The Labute approximate surface area is 222 Å². The van der Waals surface area contributed by atoms with Gasteiger partial charge in [-0.3, -0.25) is 4.57 Å². The molecule has 1 saturated heterocycles. The molecule has 0 amide bonds. The van der Waals surface area contributed by atoms with E-state index in [0.29, 0.717) is 35.8 Å². The molecule has 38 heavy (non-hydrogen) atoms. The lowest BCUT2D eigenvalue weighted by Crippen LogP contribution is -2.33. The molecule has 0 unspecified atom stereocenters. The summed E-state index contributed by atoms with van der Waals surface area (Å²) in [5.74, 6) is 0.519. The third-order valence-corrected chi connectivity index (χ3v) is 6.60. The van der Waals surface area contributed by atoms with Crippen LogP contribution in [0.25, 0.3) is 22.4 Å². The zero-order chi connectivity index (χ0) is 26.8. The Morgan fingerprint density at radius 1 is 1.16 bits per heavy atom. The quantitative estimate of drug-likeness (QED) is 0.251. The van der Waals surface area contributed by atoms with Gasteiger partial charge in [0.15, 0.2) is 23.2 Å². The Morgan fingerprint density at radius 3 is 2.63 bits per heavy atom. The molecule has 12 nitrogen and oxygen atoms in total. The summed E-state index contributed by atoms with van der Waals surface area (Å²) < 4.78 is 21.2. The van der Waals surface area contributed by atoms with Gasteiger partial charge in [0.1, 0.15) is 30.7 Å². The van der Waals surface area contributed by atoms with Crippen LogP contribution in [0.2, 0.25) is 5.28 Å². The maximum absolute atomic E-state index is 12.6. The van der Waals surface area contributed by atoms with Crippen molar-refractivity contribution < 1.29 is 24.4 Å². The number of anilines is 1. The fraction of sp³-hybridized carbons (Fsp3) is 0.458. The molecule has 0 spiro atoms. The van der Waals surface area contributed by atoms with Crippen LogP contribution in [0.15, 0.2) is 36.8 Å². The first kappa shape index (κ1) is 26.4. The van der Waals surface area contributed by atoms with Crippen LogP contribution in [-0.4, -0.2) is 88.0 Å². The number of hydrogen-bond donors (Lipinski definition) is 3. The van der Waals surface area contributed by atoms with Crippen LogP contribution in [0, 0.1) is 0 Å². The molecule has 202 valence electrons. The number of aliphatic hydroxyl groups excluding tert-OH is 3. The van der Waals surface area contributed by atoms with Crippen LogP contribution in [0.3, 0.4) is 0 Å². The molecule has 5 rings (SSSR count). The SMILES string of the molecule is CCCN(Cc1ccc(-c2cn(CCF)nn2)cc1)c1nc(Cl)nc2c1ncn2[C@@H]1O[C@H](CO)[C@@H](O)[C@H]1O. The summed E-state index contributed by atoms with van der Waals surface area (Å²) in [6.45, 7) is 2.43. The van der Waals surface area contributed by atoms with Gasteiger partial charge in [0.05, 0.1) is 25.7 Å². The van der Waals surface area contributed by atoms with Crippen molar-refractivity contribution in [3.63, 3.8) is 0 Å². The standard InChI is InChI=1S/C24H28ClFN8O4/c1-2-8-32(10-14-3-5-15(6-4-14)16-11-33(9-7-26)31-30-16)21-18-22(29-24(25)28-21)34(13-27-18)23-20(37)19(36)17(12-35)38-23/h3-6,11,13,17,19-20,23,35-37H,2,7-10,12H2,1H3/t17-,19-,20-,23-/m1/s1. The predicted molar refractivity (Wildman–Crippen MR) is 136 cm³/mol. The van der Waals surface area contributed by atoms with Crippen molar-refractivity contribution in [3.05, 3.63) is 47.6 Å². The number of nitrogens with zero attached hydrogens (tertiary/aromatic N) is 8. The van der Waals surface area contributed by atoms with Crippen molar-refractivity contribution in [1.82, 2.24) is 34.5 Å². The highest BCUT2D eigenvalue weighted by Crippen LogP contribution is 2.34. The Hall–Kier alpha value is -3.23. The molecule has 14 heteroatoms. The number of fused-ring (bicyclic) bond motifs is 1. The van der Waals surface area contributed by atoms with E-state index in [1.807, 2.05) is 29.2 Å². The van der Waals surface area contributed by atoms with E-state index in [1.54, 1.807) is 6.20 Å². The minimum Gasteiger partial charge on any atom is -0.394 e. The Kier molecular flexibility index (Phi) is 7.81. The van der Waals surface area contributed by atoms with Gasteiger partial charge in [-0.05, 0) is 23.6 Å². The van der Waals surface area contributed by atoms with Crippen LogP contribution >= 0.6 is 11.6 Å². The predicted octanol–water partition coefficient (Wildman–Crippen LogP) is 1.74. The van der Waals surface area contributed by atoms with Gasteiger partial charge < -0.3 is 25.0 Å². The van der Waals surface area contributed by atoms with Crippen molar-refractivity contribution in [3.8, 4) is 11.3 Å². The molecule has 3 N–H and O–H groups in total. The largest absolute Gasteiger partial charge is 0.394 e. The van der Waals surface area contributed by atoms with E-state index in [0.717, 1.165) is 17.5 Å². The van der Waals surface area contributed by atoms with Gasteiger partial charge in [-0.1, -0.05) is 36.4 Å². The summed E-state index contributed by atoms with van der Waals surface area (Å²) in [5, 5.41) is 38.2. The summed E-state index contributed by atoms with van der Waals surface area (Å²) in [4.78, 5) is 15.3. The number of imidazole rings is 1. The van der Waals surface area contributed by atoms with Crippen molar-refractivity contribution in [2.45, 2.75) is 51.0 Å². The Balaban J connectivity index is 1.43. The van der Waals surface area contributed by atoms with Crippen molar-refractivity contribution in [1.29, 1.82) is 0 Å². The summed E-state index contributed by atoms with van der Waals surface area (Å²) >= 11 is 6.32. The number of aliphatic hydroxyl groups is 3. The molecule has 1 aliphatic heterocycles. The molecule has 4 aromatic rings. The van der Waals surface area contributed by atoms with Crippen LogP contribution in [0.4, 0.5) is 10.2 Å². The zero-order valence-electron chi connectivity index (χ0n) is 20.6. The van der Waals surface area contributed by atoms with E-state index in [2.05, 4.69) is 32.2 Å². The van der Waals surface area contributed by atoms with E-state index < -0.39 is 37.8 Å². The first-order chi connectivity index (χ1) is 18.4. The molecule has 3 aromatic heterocycles. The Morgan fingerprint density at radius 2 is 1.95 bits per heavy atom. The summed E-state index contributed by atoms with van der Waals surface area (Å²) in [5.41, 5.74) is 3.33. The van der Waals surface area contributed by atoms with Crippen molar-refractivity contribution in [2.75, 3.05) is 24.7 Å². The lowest BCUT2D eigenvalue weighted by atomic mass is 10.1. The number of hydrogen-bond acceptors (Lipinski definition) is 10. The molecular weight excluding hydrogens is 519 g/mol. The molecule has 1 fully saturated rings. The van der Waals surface area contributed by atoms with Gasteiger partial charge >= 0.3 is 0 Å². The highest BCUT2D eigenvalue weighted by Gasteiger charge is 2.44. The monoisotopic (exact) mass is 546 g/mol. The first-order valence-corrected chi connectivity index (χ1v) is 12.6. The number of benzene rings is 1. The Bertz CT molecular complexity index is 1380. The smallest absolute Gasteiger partial charge is 0.226 e. The highest BCUT2D eigenvalue weighted by atomic mass is 35.5. The maximum atomic E-state index is 12.6. The van der Waals surface area contributed by atoms with Gasteiger partial charge in [0.2, 0.25) is 5.28 Å². The molecule has 1 aliphatic rings. The first-order valence-electron chi connectivity index (χ1n) is 12.3. The average molecular weight is 547 g/mol. The molecule has 4 atom stereocenters. The molecule has 1 aromatic carbocycles. The second-order valence-electron chi connectivity index (χ2n) is 9.04. The minimum atomic E-state index is -1.29. The lowest BCUT2D eigenvalue weighted by molar-refractivity contribution is -0.0511. The van der Waals surface area contributed by atoms with E-state index >= 15 is 0 Å². The highest BCUT2D eigenvalue weighted by molar-refractivity contribution is 6.28. The van der Waals surface area contributed by atoms with Gasteiger partial charge in [-0.25, -0.2) is 14.1 Å². The molecular formula is C24H28ClFN8O4. The molecule has 0 bridgehead atoms. The minimum absolute atomic E-state index is 0.00573. The zero-order valence-corrected chi connectivity index (χ0v) is 21.4. The van der Waals surface area contributed by atoms with Gasteiger partial charge in [0.25, 0.3) is 0 Å². The van der Waals surface area contributed by atoms with Gasteiger partial charge in [-0.2, -0.15) is 9.97 Å². The van der Waals surface area contributed by atoms with Gasteiger partial charge in [0, 0.05) is 18.7 Å². The van der Waals surface area contributed by atoms with E-state index in [-0.39, 0.29) is 11.8 Å². The normalized spacial score (nSPS) is 21.4. The summed E-state index contributed by atoms with van der Waals surface area (Å²) in [7, 11) is 0. The second kappa shape index (κ2) is 11.3. The third-order valence-electron chi connectivity index (χ3n) is 6.44. The number of halogens is 2. The third kappa shape index (κ3) is 5.07. The van der Waals surface area contributed by atoms with Crippen LogP contribution < -0.4 is 4.90 Å². The fourth-order valence-corrected chi connectivity index (χ4v) is 4.71. The van der Waals surface area contributed by atoms with Crippen molar-refractivity contribution in [2.24, 2.45) is 0 Å². The molecule has 0 saturated carbocycles. The average Bonchev–Trinajstić information content (AvgIpc) is 3.62. The summed E-state index contributed by atoms with van der Waals surface area (Å²) in [6, 6.07) is 7.82. The van der Waals surface area contributed by atoms with Crippen LogP contribution in [-0.2, 0) is 17.8 Å². The van der Waals surface area contributed by atoms with E-state index in [9.17, 15) is 19.7 Å². The number of aryl methyl sites for hydroxylation is 1. The topological polar surface area (TPSA) is 147 Å². The number of alkyl halides is 1. The maximum Gasteiger partial charge on any atom is 0.226 e. The summed E-state index contributed by atoms with van der Waals surface area (Å²) in [6.07, 6.45) is -0.487. The van der Waals surface area contributed by atoms with E-state index in [1.165, 1.54) is 15.6 Å². The number of ether oxygens (including phenoxy) is 1. The van der Waals surface area contributed by atoms with Gasteiger partial charge in [-0.15, -0.1) is 5.10 Å². The number of rotatable bonds is 10. The van der Waals surface area contributed by atoms with E-state index in [4.69, 9.17) is 16.3 Å². The molecule has 4 heterocycles. The van der Waals surface area contributed by atoms with Crippen molar-refractivity contribution >= 4 is 28.6 Å². The number of aromatic nitrogens is 7. The van der Waals surface area contributed by atoms with Crippen LogP contribution in [0.1, 0.15) is 25.1 Å².